The summed E-state index contributed by atoms with van der Waals surface area (Å²) in [5, 5.41) is 2.92. The molecule has 1 aliphatic heterocycles. The van der Waals surface area contributed by atoms with Crippen molar-refractivity contribution in [2.24, 2.45) is 17.8 Å². The second kappa shape index (κ2) is 8.45. The molecule has 5 heteroatoms. The molecule has 2 aliphatic rings. The fourth-order valence-corrected chi connectivity index (χ4v) is 3.61. The number of imide groups is 1. The highest BCUT2D eigenvalue weighted by atomic mass is 16.2. The van der Waals surface area contributed by atoms with Gasteiger partial charge in [-0.05, 0) is 31.6 Å². The maximum Gasteiger partial charge on any atom is 0.243 e. The van der Waals surface area contributed by atoms with E-state index in [0.717, 1.165) is 19.3 Å². The van der Waals surface area contributed by atoms with E-state index < -0.39 is 6.04 Å². The molecule has 0 saturated carbocycles. The Morgan fingerprint density at radius 2 is 1.75 bits per heavy atom. The third kappa shape index (κ3) is 4.05. The predicted molar refractivity (Wildman–Crippen MR) is 93.0 cm³/mol. The number of carbonyl (C=O) groups excluding carboxylic acids is 3. The normalized spacial score (nSPS) is 24.4. The van der Waals surface area contributed by atoms with Crippen LogP contribution in [0.15, 0.2) is 12.2 Å². The third-order valence-electron chi connectivity index (χ3n) is 4.93. The number of unbranched alkanes of at least 4 members (excludes halogenated alkanes) is 2. The first kappa shape index (κ1) is 18.7. The number of hydrogen-bond acceptors (Lipinski definition) is 3. The standard InChI is InChI=1S/C19H30N2O3/c1-4-5-8-11-20-17(22)16(12-13(2)3)21-18(23)14-9-6-7-10-15(14)19(21)24/h6-7,13-16H,4-5,8-12H2,1-3H3,(H,20,22). The minimum atomic E-state index is -0.669. The Hall–Kier alpha value is -1.65. The zero-order valence-electron chi connectivity index (χ0n) is 15.1. The van der Waals surface area contributed by atoms with Crippen LogP contribution in [0.4, 0.5) is 0 Å². The SMILES string of the molecule is CCCCCNC(=O)C(CC(C)C)N1C(=O)C2CC=CCC2C1=O. The maximum atomic E-state index is 12.7. The Bertz CT molecular complexity index is 487. The first-order chi connectivity index (χ1) is 11.5. The Kier molecular flexibility index (Phi) is 6.58. The van der Waals surface area contributed by atoms with Crippen LogP contribution in [0, 0.1) is 17.8 Å². The second-order valence-electron chi connectivity index (χ2n) is 7.35. The number of rotatable bonds is 8. The largest absolute Gasteiger partial charge is 0.354 e. The molecule has 1 fully saturated rings. The molecule has 0 bridgehead atoms. The molecule has 0 aromatic carbocycles. The highest BCUT2D eigenvalue weighted by Gasteiger charge is 2.51. The molecule has 0 spiro atoms. The molecule has 0 aromatic heterocycles. The molecule has 1 N–H and O–H groups in total. The minimum Gasteiger partial charge on any atom is -0.354 e. The van der Waals surface area contributed by atoms with Crippen molar-refractivity contribution in [3.8, 4) is 0 Å². The molecular weight excluding hydrogens is 304 g/mol. The van der Waals surface area contributed by atoms with Gasteiger partial charge >= 0.3 is 0 Å². The molecule has 24 heavy (non-hydrogen) atoms. The summed E-state index contributed by atoms with van der Waals surface area (Å²) < 4.78 is 0. The molecule has 1 heterocycles. The van der Waals surface area contributed by atoms with E-state index in [1.54, 1.807) is 0 Å². The number of fused-ring (bicyclic) bond motifs is 1. The molecule has 0 aromatic rings. The predicted octanol–water partition coefficient (Wildman–Crippen LogP) is 2.66. The van der Waals surface area contributed by atoms with Crippen molar-refractivity contribution >= 4 is 17.7 Å². The fourth-order valence-electron chi connectivity index (χ4n) is 3.61. The maximum absolute atomic E-state index is 12.7. The number of nitrogens with zero attached hydrogens (tertiary/aromatic N) is 1. The van der Waals surface area contributed by atoms with Gasteiger partial charge in [0.25, 0.3) is 0 Å². The molecule has 1 saturated heterocycles. The second-order valence-corrected chi connectivity index (χ2v) is 7.35. The van der Waals surface area contributed by atoms with Crippen LogP contribution >= 0.6 is 0 Å². The summed E-state index contributed by atoms with van der Waals surface area (Å²) in [6, 6.07) is -0.669. The van der Waals surface area contributed by atoms with Gasteiger partial charge < -0.3 is 5.32 Å². The van der Waals surface area contributed by atoms with E-state index >= 15 is 0 Å². The quantitative estimate of drug-likeness (QED) is 0.421. The van der Waals surface area contributed by atoms with E-state index in [2.05, 4.69) is 12.2 Å². The number of hydrogen-bond donors (Lipinski definition) is 1. The lowest BCUT2D eigenvalue weighted by molar-refractivity contribution is -0.148. The third-order valence-corrected chi connectivity index (χ3v) is 4.93. The van der Waals surface area contributed by atoms with Crippen LogP contribution in [0.3, 0.4) is 0 Å². The smallest absolute Gasteiger partial charge is 0.243 e. The van der Waals surface area contributed by atoms with Crippen LogP contribution in [0.5, 0.6) is 0 Å². The van der Waals surface area contributed by atoms with Crippen molar-refractivity contribution in [3.05, 3.63) is 12.2 Å². The molecule has 3 atom stereocenters. The molecular formula is C19H30N2O3. The van der Waals surface area contributed by atoms with Crippen LogP contribution in [-0.4, -0.2) is 35.2 Å². The van der Waals surface area contributed by atoms with Crippen molar-refractivity contribution < 1.29 is 14.4 Å². The van der Waals surface area contributed by atoms with Gasteiger partial charge in [-0.25, -0.2) is 0 Å². The Labute approximate surface area is 144 Å². The summed E-state index contributed by atoms with van der Waals surface area (Å²) in [5.74, 6) is -0.826. The number of nitrogens with one attached hydrogen (secondary N) is 1. The van der Waals surface area contributed by atoms with Crippen molar-refractivity contribution in [1.29, 1.82) is 0 Å². The van der Waals surface area contributed by atoms with Crippen molar-refractivity contribution in [3.63, 3.8) is 0 Å². The first-order valence-electron chi connectivity index (χ1n) is 9.27. The molecule has 5 nitrogen and oxygen atoms in total. The molecule has 134 valence electrons. The Morgan fingerprint density at radius 1 is 1.17 bits per heavy atom. The van der Waals surface area contributed by atoms with Gasteiger partial charge in [0.1, 0.15) is 6.04 Å². The van der Waals surface area contributed by atoms with Crippen LogP contribution in [0.25, 0.3) is 0 Å². The Balaban J connectivity index is 2.10. The van der Waals surface area contributed by atoms with Crippen molar-refractivity contribution in [2.45, 2.75) is 65.3 Å². The minimum absolute atomic E-state index is 0.163. The van der Waals surface area contributed by atoms with Gasteiger partial charge in [0.05, 0.1) is 11.8 Å². The van der Waals surface area contributed by atoms with E-state index in [0.29, 0.717) is 25.8 Å². The zero-order chi connectivity index (χ0) is 17.7. The lowest BCUT2D eigenvalue weighted by atomic mass is 9.85. The summed E-state index contributed by atoms with van der Waals surface area (Å²) >= 11 is 0. The van der Waals surface area contributed by atoms with Crippen molar-refractivity contribution in [1.82, 2.24) is 10.2 Å². The van der Waals surface area contributed by atoms with Gasteiger partial charge in [0.15, 0.2) is 0 Å². The summed E-state index contributed by atoms with van der Waals surface area (Å²) in [7, 11) is 0. The van der Waals surface area contributed by atoms with Gasteiger partial charge in [-0.2, -0.15) is 0 Å². The van der Waals surface area contributed by atoms with Crippen LogP contribution < -0.4 is 5.32 Å². The lowest BCUT2D eigenvalue weighted by Gasteiger charge is -2.27. The summed E-state index contributed by atoms with van der Waals surface area (Å²) in [6.45, 7) is 6.74. The van der Waals surface area contributed by atoms with E-state index in [4.69, 9.17) is 0 Å². The molecule has 3 amide bonds. The van der Waals surface area contributed by atoms with E-state index in [9.17, 15) is 14.4 Å². The average Bonchev–Trinajstić information content (AvgIpc) is 2.81. The number of amides is 3. The molecule has 3 unspecified atom stereocenters. The number of likely N-dealkylation sites (tertiary alicyclic amines) is 1. The van der Waals surface area contributed by atoms with Gasteiger partial charge in [-0.3, -0.25) is 19.3 Å². The zero-order valence-corrected chi connectivity index (χ0v) is 15.1. The van der Waals surface area contributed by atoms with Crippen LogP contribution in [0.1, 0.15) is 59.3 Å². The first-order valence-corrected chi connectivity index (χ1v) is 9.27. The van der Waals surface area contributed by atoms with E-state index in [1.807, 2.05) is 26.0 Å². The highest BCUT2D eigenvalue weighted by Crippen LogP contribution is 2.37. The van der Waals surface area contributed by atoms with Crippen molar-refractivity contribution in [2.75, 3.05) is 6.54 Å². The van der Waals surface area contributed by atoms with E-state index in [1.165, 1.54) is 4.90 Å². The summed E-state index contributed by atoms with van der Waals surface area (Å²) in [5.41, 5.74) is 0. The molecule has 1 aliphatic carbocycles. The highest BCUT2D eigenvalue weighted by molar-refractivity contribution is 6.08. The molecule has 0 radical (unpaired) electrons. The van der Waals surface area contributed by atoms with Crippen LogP contribution in [-0.2, 0) is 14.4 Å². The number of allylic oxidation sites excluding steroid dienone is 2. The van der Waals surface area contributed by atoms with Gasteiger partial charge in [-0.15, -0.1) is 0 Å². The lowest BCUT2D eigenvalue weighted by Crippen LogP contribution is -2.50. The number of carbonyl (C=O) groups is 3. The topological polar surface area (TPSA) is 66.5 Å². The van der Waals surface area contributed by atoms with Gasteiger partial charge in [-0.1, -0.05) is 45.8 Å². The van der Waals surface area contributed by atoms with E-state index in [-0.39, 0.29) is 35.5 Å². The molecule has 2 rings (SSSR count). The van der Waals surface area contributed by atoms with Crippen LogP contribution in [0.2, 0.25) is 0 Å². The van der Waals surface area contributed by atoms with Gasteiger partial charge in [0.2, 0.25) is 17.7 Å². The summed E-state index contributed by atoms with van der Waals surface area (Å²) in [6.07, 6.45) is 8.75. The van der Waals surface area contributed by atoms with Gasteiger partial charge in [0, 0.05) is 6.54 Å². The fraction of sp³-hybridized carbons (Fsp3) is 0.737. The summed E-state index contributed by atoms with van der Waals surface area (Å²) in [4.78, 5) is 39.4. The monoisotopic (exact) mass is 334 g/mol. The Morgan fingerprint density at radius 3 is 2.25 bits per heavy atom. The average molecular weight is 334 g/mol.